The van der Waals surface area contributed by atoms with Crippen LogP contribution in [0.5, 0.6) is 0 Å². The highest BCUT2D eigenvalue weighted by Gasteiger charge is 2.27. The summed E-state index contributed by atoms with van der Waals surface area (Å²) in [6.45, 7) is 2.05. The number of nitro groups is 1. The van der Waals surface area contributed by atoms with Crippen LogP contribution in [0.3, 0.4) is 0 Å². The van der Waals surface area contributed by atoms with Gasteiger partial charge in [0.15, 0.2) is 0 Å². The molecule has 0 amide bonds. The molecule has 23 heavy (non-hydrogen) atoms. The summed E-state index contributed by atoms with van der Waals surface area (Å²) >= 11 is 0. The molecule has 0 aromatic rings. The summed E-state index contributed by atoms with van der Waals surface area (Å²) in [4.78, 5) is 20.8. The van der Waals surface area contributed by atoms with Crippen molar-refractivity contribution in [3.05, 3.63) is 34.4 Å². The average molecular weight is 325 g/mol. The topological polar surface area (TPSA) is 80.4 Å². The Balaban J connectivity index is 3.90. The van der Waals surface area contributed by atoms with Gasteiger partial charge in [-0.05, 0) is 38.5 Å². The molecule has 0 aliphatic heterocycles. The number of allylic oxidation sites excluding steroid dienone is 3. The number of rotatable bonds is 15. The van der Waals surface area contributed by atoms with Crippen LogP contribution in [0.25, 0.3) is 0 Å². The monoisotopic (exact) mass is 325 g/mol. The second-order valence-electron chi connectivity index (χ2n) is 5.78. The molecule has 1 N–H and O–H groups in total. The Morgan fingerprint density at radius 1 is 1.04 bits per heavy atom. The number of aliphatic hydroxyl groups is 1. The molecule has 2 unspecified atom stereocenters. The quantitative estimate of drug-likeness (QED) is 0.161. The van der Waals surface area contributed by atoms with Crippen LogP contribution in [0.2, 0.25) is 0 Å². The van der Waals surface area contributed by atoms with E-state index in [-0.39, 0.29) is 4.92 Å². The first-order valence-corrected chi connectivity index (χ1v) is 8.68. The molecular formula is C18H31NO4. The van der Waals surface area contributed by atoms with E-state index in [0.717, 1.165) is 51.2 Å². The number of nitrogens with zero attached hydrogens (tertiary/aromatic N) is 1. The van der Waals surface area contributed by atoms with Crippen molar-refractivity contribution < 1.29 is 14.8 Å². The van der Waals surface area contributed by atoms with E-state index in [2.05, 4.69) is 13.0 Å². The Morgan fingerprint density at radius 2 is 1.74 bits per heavy atom. The van der Waals surface area contributed by atoms with E-state index >= 15 is 0 Å². The van der Waals surface area contributed by atoms with E-state index in [1.807, 2.05) is 18.2 Å². The van der Waals surface area contributed by atoms with Crippen LogP contribution in [0, 0.1) is 10.1 Å². The highest BCUT2D eigenvalue weighted by atomic mass is 16.6. The van der Waals surface area contributed by atoms with Crippen molar-refractivity contribution in [3.63, 3.8) is 0 Å². The third-order valence-corrected chi connectivity index (χ3v) is 3.74. The highest BCUT2D eigenvalue weighted by Crippen LogP contribution is 2.13. The lowest BCUT2D eigenvalue weighted by molar-refractivity contribution is -0.535. The Labute approximate surface area is 139 Å². The zero-order chi connectivity index (χ0) is 17.3. The number of carbonyl (C=O) groups excluding carboxylic acids is 1. The predicted octanol–water partition coefficient (Wildman–Crippen LogP) is 4.22. The van der Waals surface area contributed by atoms with E-state index < -0.39 is 12.1 Å². The molecule has 132 valence electrons. The smallest absolute Gasteiger partial charge is 0.238 e. The fraction of sp³-hybridized carbons (Fsp3) is 0.722. The van der Waals surface area contributed by atoms with Gasteiger partial charge in [0.1, 0.15) is 12.4 Å². The molecule has 0 fully saturated rings. The Bertz CT molecular complexity index is 366. The van der Waals surface area contributed by atoms with Gasteiger partial charge in [-0.2, -0.15) is 0 Å². The third-order valence-electron chi connectivity index (χ3n) is 3.74. The van der Waals surface area contributed by atoms with E-state index in [9.17, 15) is 20.0 Å². The number of hydrogen-bond donors (Lipinski definition) is 1. The zero-order valence-electron chi connectivity index (χ0n) is 14.2. The van der Waals surface area contributed by atoms with Gasteiger partial charge < -0.3 is 9.90 Å². The van der Waals surface area contributed by atoms with Gasteiger partial charge in [-0.3, -0.25) is 10.1 Å². The largest absolute Gasteiger partial charge is 0.386 e. The maximum Gasteiger partial charge on any atom is 0.238 e. The van der Waals surface area contributed by atoms with Gasteiger partial charge in [0.2, 0.25) is 6.04 Å². The first-order chi connectivity index (χ1) is 11.1. The minimum Gasteiger partial charge on any atom is -0.386 e. The molecule has 2 atom stereocenters. The molecule has 0 spiro atoms. The fourth-order valence-electron chi connectivity index (χ4n) is 2.31. The van der Waals surface area contributed by atoms with Crippen LogP contribution in [-0.4, -0.2) is 28.5 Å². The van der Waals surface area contributed by atoms with Gasteiger partial charge in [0, 0.05) is 17.8 Å². The molecule has 0 aliphatic carbocycles. The summed E-state index contributed by atoms with van der Waals surface area (Å²) in [5.41, 5.74) is 0. The SMILES string of the molecule is CCCCCC(C(O)C/C=C\C/C=C\CCCCC=O)[N+](=O)[O-]. The summed E-state index contributed by atoms with van der Waals surface area (Å²) < 4.78 is 0. The highest BCUT2D eigenvalue weighted by molar-refractivity contribution is 5.48. The summed E-state index contributed by atoms with van der Waals surface area (Å²) in [6, 6.07) is -0.862. The van der Waals surface area contributed by atoms with Crippen molar-refractivity contribution in [2.24, 2.45) is 0 Å². The molecule has 0 bridgehead atoms. The van der Waals surface area contributed by atoms with Crippen LogP contribution in [-0.2, 0) is 4.79 Å². The van der Waals surface area contributed by atoms with Crippen molar-refractivity contribution in [1.82, 2.24) is 0 Å². The summed E-state index contributed by atoms with van der Waals surface area (Å²) in [5, 5.41) is 21.0. The number of hydrogen-bond acceptors (Lipinski definition) is 4. The Morgan fingerprint density at radius 3 is 2.39 bits per heavy atom. The van der Waals surface area contributed by atoms with Gasteiger partial charge in [0.25, 0.3) is 0 Å². The summed E-state index contributed by atoms with van der Waals surface area (Å²) in [7, 11) is 0. The van der Waals surface area contributed by atoms with Crippen LogP contribution in [0.15, 0.2) is 24.3 Å². The molecule has 0 rings (SSSR count). The van der Waals surface area contributed by atoms with E-state index in [4.69, 9.17) is 0 Å². The molecule has 0 aromatic heterocycles. The number of unbranched alkanes of at least 4 members (excludes halogenated alkanes) is 5. The van der Waals surface area contributed by atoms with Crippen molar-refractivity contribution in [3.8, 4) is 0 Å². The maximum atomic E-state index is 11.0. The van der Waals surface area contributed by atoms with Crippen LogP contribution in [0.4, 0.5) is 0 Å². The third kappa shape index (κ3) is 12.7. The molecule has 0 radical (unpaired) electrons. The van der Waals surface area contributed by atoms with Gasteiger partial charge in [-0.25, -0.2) is 0 Å². The summed E-state index contributed by atoms with van der Waals surface area (Å²) in [6.07, 6.45) is 15.7. The molecule has 0 saturated carbocycles. The minimum absolute atomic E-state index is 0.324. The van der Waals surface area contributed by atoms with E-state index in [1.165, 1.54) is 0 Å². The van der Waals surface area contributed by atoms with Crippen molar-refractivity contribution in [2.45, 2.75) is 83.3 Å². The van der Waals surface area contributed by atoms with Crippen molar-refractivity contribution in [2.75, 3.05) is 0 Å². The van der Waals surface area contributed by atoms with Crippen LogP contribution < -0.4 is 0 Å². The Hall–Kier alpha value is -1.49. The molecule has 5 heteroatoms. The Kier molecular flexibility index (Phi) is 14.4. The van der Waals surface area contributed by atoms with Gasteiger partial charge in [0.05, 0.1) is 0 Å². The molecule has 0 aromatic carbocycles. The van der Waals surface area contributed by atoms with Gasteiger partial charge in [-0.15, -0.1) is 0 Å². The fourth-order valence-corrected chi connectivity index (χ4v) is 2.31. The lowest BCUT2D eigenvalue weighted by atomic mass is 10.0. The second-order valence-corrected chi connectivity index (χ2v) is 5.78. The summed E-state index contributed by atoms with van der Waals surface area (Å²) in [5.74, 6) is 0. The average Bonchev–Trinajstić information content (AvgIpc) is 2.52. The van der Waals surface area contributed by atoms with Crippen molar-refractivity contribution in [1.29, 1.82) is 0 Å². The zero-order valence-corrected chi connectivity index (χ0v) is 14.2. The number of aldehydes is 1. The van der Waals surface area contributed by atoms with Gasteiger partial charge >= 0.3 is 0 Å². The minimum atomic E-state index is -0.912. The molecule has 0 saturated heterocycles. The van der Waals surface area contributed by atoms with Crippen molar-refractivity contribution >= 4 is 6.29 Å². The number of aliphatic hydroxyl groups excluding tert-OH is 1. The van der Waals surface area contributed by atoms with E-state index in [0.29, 0.717) is 19.3 Å². The van der Waals surface area contributed by atoms with Gasteiger partial charge in [-0.1, -0.05) is 44.1 Å². The van der Waals surface area contributed by atoms with Crippen LogP contribution in [0.1, 0.15) is 71.1 Å². The standard InChI is InChI=1S/C18H31NO4/c1-2-3-11-14-17(19(22)23)18(21)15-12-9-7-5-4-6-8-10-13-16-20/h4-5,9,12,16-18,21H,2-3,6-8,10-11,13-15H2,1H3/b5-4-,12-9-. The van der Waals surface area contributed by atoms with E-state index in [1.54, 1.807) is 0 Å². The number of carbonyl (C=O) groups is 1. The lowest BCUT2D eigenvalue weighted by Gasteiger charge is -2.14. The first-order valence-electron chi connectivity index (χ1n) is 8.68. The maximum absolute atomic E-state index is 11.0. The second kappa shape index (κ2) is 15.4. The molecule has 0 heterocycles. The lowest BCUT2D eigenvalue weighted by Crippen LogP contribution is -2.33. The predicted molar refractivity (Wildman–Crippen MR) is 93.0 cm³/mol. The first kappa shape index (κ1) is 21.5. The normalized spacial score (nSPS) is 14.3. The van der Waals surface area contributed by atoms with Crippen LogP contribution >= 0.6 is 0 Å². The molecule has 5 nitrogen and oxygen atoms in total. The molecule has 0 aliphatic rings. The molecular weight excluding hydrogens is 294 g/mol.